The van der Waals surface area contributed by atoms with E-state index >= 15 is 0 Å². The van der Waals surface area contributed by atoms with E-state index in [1.165, 1.54) is 0 Å². The Morgan fingerprint density at radius 1 is 1.36 bits per heavy atom. The van der Waals surface area contributed by atoms with Gasteiger partial charge < -0.3 is 9.47 Å². The number of rotatable bonds is 4. The minimum Gasteiger partial charge on any atom is -0.431 e. The average Bonchev–Trinajstić information content (AvgIpc) is 2.33. The van der Waals surface area contributed by atoms with Gasteiger partial charge in [0.25, 0.3) is 0 Å². The van der Waals surface area contributed by atoms with Gasteiger partial charge in [-0.15, -0.1) is 0 Å². The van der Waals surface area contributed by atoms with Crippen molar-refractivity contribution in [3.8, 4) is 0 Å². The van der Waals surface area contributed by atoms with Crippen LogP contribution < -0.4 is 0 Å². The van der Waals surface area contributed by atoms with Crippen LogP contribution in [0, 0.1) is 21.7 Å². The van der Waals surface area contributed by atoms with Crippen LogP contribution in [0.5, 0.6) is 0 Å². The van der Waals surface area contributed by atoms with Crippen molar-refractivity contribution in [2.45, 2.75) is 32.5 Å². The number of nitro benzene ring substituents is 1. The van der Waals surface area contributed by atoms with Crippen LogP contribution in [0.25, 0.3) is 0 Å². The molecular formula is C13H14F3NO5. The van der Waals surface area contributed by atoms with Gasteiger partial charge in [0, 0.05) is 6.07 Å². The second-order valence-corrected chi connectivity index (χ2v) is 5.29. The third-order valence-electron chi connectivity index (χ3n) is 2.35. The number of alkyl halides is 1. The van der Waals surface area contributed by atoms with Gasteiger partial charge in [-0.25, -0.2) is 13.6 Å². The molecule has 0 amide bonds. The van der Waals surface area contributed by atoms with Crippen molar-refractivity contribution < 1.29 is 32.4 Å². The summed E-state index contributed by atoms with van der Waals surface area (Å²) < 4.78 is 50.2. The molecule has 0 fully saturated rings. The maximum absolute atomic E-state index is 13.9. The maximum atomic E-state index is 13.9. The van der Waals surface area contributed by atoms with Crippen LogP contribution in [0.2, 0.25) is 0 Å². The number of carbonyl (C=O) groups is 1. The van der Waals surface area contributed by atoms with Crippen LogP contribution in [0.1, 0.15) is 32.5 Å². The van der Waals surface area contributed by atoms with E-state index in [9.17, 15) is 28.1 Å². The number of ether oxygens (including phenoxy) is 2. The van der Waals surface area contributed by atoms with E-state index in [-0.39, 0.29) is 0 Å². The van der Waals surface area contributed by atoms with Gasteiger partial charge in [-0.05, 0) is 26.8 Å². The predicted octanol–water partition coefficient (Wildman–Crippen LogP) is 3.84. The van der Waals surface area contributed by atoms with E-state index in [1.807, 2.05) is 0 Å². The van der Waals surface area contributed by atoms with E-state index in [0.29, 0.717) is 12.1 Å². The Morgan fingerprint density at radius 2 is 1.95 bits per heavy atom. The SMILES string of the molecule is CC(C)(C)OC(=O)OCC(F)c1c(F)ccc([N+](=O)[O-])c1F. The molecule has 1 unspecified atom stereocenters. The third kappa shape index (κ3) is 4.61. The number of halogens is 3. The molecule has 0 radical (unpaired) electrons. The monoisotopic (exact) mass is 321 g/mol. The Morgan fingerprint density at radius 3 is 2.45 bits per heavy atom. The molecule has 1 rings (SSSR count). The van der Waals surface area contributed by atoms with Gasteiger partial charge in [0.1, 0.15) is 18.0 Å². The standard InChI is InChI=1S/C13H14F3NO5/c1-13(2,3)22-12(18)21-6-8(15)10-7(14)4-5-9(11(10)16)17(19)20/h4-5,8H,6H2,1-3H3. The maximum Gasteiger partial charge on any atom is 0.508 e. The molecule has 122 valence electrons. The highest BCUT2D eigenvalue weighted by Gasteiger charge is 2.29. The molecule has 0 saturated carbocycles. The van der Waals surface area contributed by atoms with Crippen LogP contribution in [0.4, 0.5) is 23.7 Å². The van der Waals surface area contributed by atoms with Gasteiger partial charge in [-0.1, -0.05) is 0 Å². The summed E-state index contributed by atoms with van der Waals surface area (Å²) in [6, 6.07) is 1.15. The highest BCUT2D eigenvalue weighted by molar-refractivity contribution is 5.60. The van der Waals surface area contributed by atoms with Crippen LogP contribution >= 0.6 is 0 Å². The molecule has 0 saturated heterocycles. The number of carbonyl (C=O) groups excluding carboxylic acids is 1. The topological polar surface area (TPSA) is 78.7 Å². The van der Waals surface area contributed by atoms with Crippen molar-refractivity contribution in [2.24, 2.45) is 0 Å². The fourth-order valence-corrected chi connectivity index (χ4v) is 1.49. The predicted molar refractivity (Wildman–Crippen MR) is 69.0 cm³/mol. The van der Waals surface area contributed by atoms with Crippen molar-refractivity contribution in [2.75, 3.05) is 6.61 Å². The molecule has 1 atom stereocenters. The average molecular weight is 321 g/mol. The smallest absolute Gasteiger partial charge is 0.431 e. The number of nitro groups is 1. The zero-order chi connectivity index (χ0) is 17.1. The molecule has 6 nitrogen and oxygen atoms in total. The molecule has 1 aromatic carbocycles. The molecule has 0 spiro atoms. The molecular weight excluding hydrogens is 307 g/mol. The van der Waals surface area contributed by atoms with Crippen LogP contribution in [0.15, 0.2) is 12.1 Å². The Bertz CT molecular complexity index is 586. The first-order valence-electron chi connectivity index (χ1n) is 6.15. The van der Waals surface area contributed by atoms with Crippen molar-refractivity contribution in [1.29, 1.82) is 0 Å². The van der Waals surface area contributed by atoms with E-state index < -0.39 is 52.3 Å². The number of hydrogen-bond donors (Lipinski definition) is 0. The summed E-state index contributed by atoms with van der Waals surface area (Å²) in [6.45, 7) is 3.59. The third-order valence-corrected chi connectivity index (χ3v) is 2.35. The van der Waals surface area contributed by atoms with E-state index in [4.69, 9.17) is 4.74 Å². The van der Waals surface area contributed by atoms with Crippen LogP contribution in [-0.2, 0) is 9.47 Å². The molecule has 0 aromatic heterocycles. The zero-order valence-corrected chi connectivity index (χ0v) is 12.1. The highest BCUT2D eigenvalue weighted by atomic mass is 19.2. The summed E-state index contributed by atoms with van der Waals surface area (Å²) in [6.07, 6.45) is -3.63. The van der Waals surface area contributed by atoms with Gasteiger partial charge in [0.05, 0.1) is 10.5 Å². The molecule has 22 heavy (non-hydrogen) atoms. The molecule has 0 N–H and O–H groups in total. The number of hydrogen-bond acceptors (Lipinski definition) is 5. The lowest BCUT2D eigenvalue weighted by atomic mass is 10.1. The molecule has 0 aliphatic heterocycles. The molecule has 0 heterocycles. The summed E-state index contributed by atoms with van der Waals surface area (Å²) in [7, 11) is 0. The Hall–Kier alpha value is -2.32. The molecule has 1 aromatic rings. The van der Waals surface area contributed by atoms with E-state index in [2.05, 4.69) is 4.74 Å². The second kappa shape index (κ2) is 6.63. The summed E-state index contributed by atoms with van der Waals surface area (Å²) in [5.41, 5.74) is -3.13. The Balaban J connectivity index is 2.86. The number of nitrogens with zero attached hydrogens (tertiary/aromatic N) is 1. The quantitative estimate of drug-likeness (QED) is 0.478. The fourth-order valence-electron chi connectivity index (χ4n) is 1.49. The van der Waals surface area contributed by atoms with Gasteiger partial charge in [-0.3, -0.25) is 10.1 Å². The molecule has 0 bridgehead atoms. The Labute approximate surface area is 124 Å². The first-order valence-corrected chi connectivity index (χ1v) is 6.15. The zero-order valence-electron chi connectivity index (χ0n) is 12.1. The van der Waals surface area contributed by atoms with Gasteiger partial charge in [0.15, 0.2) is 6.17 Å². The highest BCUT2D eigenvalue weighted by Crippen LogP contribution is 2.30. The first kappa shape index (κ1) is 17.7. The minimum absolute atomic E-state index is 0.566. The van der Waals surface area contributed by atoms with Gasteiger partial charge in [-0.2, -0.15) is 4.39 Å². The van der Waals surface area contributed by atoms with Gasteiger partial charge >= 0.3 is 11.8 Å². The van der Waals surface area contributed by atoms with Crippen LogP contribution in [-0.4, -0.2) is 23.3 Å². The normalized spacial score (nSPS) is 12.6. The summed E-state index contributed by atoms with van der Waals surface area (Å²) >= 11 is 0. The summed E-state index contributed by atoms with van der Waals surface area (Å²) in [5, 5.41) is 10.5. The lowest BCUT2D eigenvalue weighted by molar-refractivity contribution is -0.387. The largest absolute Gasteiger partial charge is 0.508 e. The van der Waals surface area contributed by atoms with Gasteiger partial charge in [0.2, 0.25) is 5.82 Å². The summed E-state index contributed by atoms with van der Waals surface area (Å²) in [5.74, 6) is -2.96. The fraction of sp³-hybridized carbons (Fsp3) is 0.462. The summed E-state index contributed by atoms with van der Waals surface area (Å²) in [4.78, 5) is 20.7. The van der Waals surface area contributed by atoms with E-state index in [0.717, 1.165) is 0 Å². The van der Waals surface area contributed by atoms with Crippen molar-refractivity contribution in [3.63, 3.8) is 0 Å². The van der Waals surface area contributed by atoms with Crippen molar-refractivity contribution >= 4 is 11.8 Å². The van der Waals surface area contributed by atoms with Crippen LogP contribution in [0.3, 0.4) is 0 Å². The first-order chi connectivity index (χ1) is 10.0. The second-order valence-electron chi connectivity index (χ2n) is 5.29. The minimum atomic E-state index is -2.41. The van der Waals surface area contributed by atoms with E-state index in [1.54, 1.807) is 20.8 Å². The molecule has 9 heteroatoms. The Kier molecular flexibility index (Phi) is 5.34. The molecule has 0 aliphatic rings. The number of benzene rings is 1. The lowest BCUT2D eigenvalue weighted by Gasteiger charge is -2.19. The van der Waals surface area contributed by atoms with Crippen molar-refractivity contribution in [3.05, 3.63) is 39.4 Å². The molecule has 0 aliphatic carbocycles. The lowest BCUT2D eigenvalue weighted by Crippen LogP contribution is -2.25. The van der Waals surface area contributed by atoms with Crippen molar-refractivity contribution in [1.82, 2.24) is 0 Å².